The molecule has 0 fully saturated rings. The minimum Gasteiger partial charge on any atom is -0.497 e. The van der Waals surface area contributed by atoms with Crippen LogP contribution in [0.2, 0.25) is 0 Å². The number of benzene rings is 1. The zero-order chi connectivity index (χ0) is 16.8. The van der Waals surface area contributed by atoms with Crippen molar-refractivity contribution in [1.82, 2.24) is 9.97 Å². The third kappa shape index (κ3) is 4.20. The highest BCUT2D eigenvalue weighted by Crippen LogP contribution is 2.18. The number of nitrogens with one attached hydrogen (secondary N) is 1. The summed E-state index contributed by atoms with van der Waals surface area (Å²) < 4.78 is 24.5. The van der Waals surface area contributed by atoms with Crippen LogP contribution in [0.15, 0.2) is 48.0 Å². The van der Waals surface area contributed by atoms with Crippen LogP contribution in [0.1, 0.15) is 10.4 Å². The van der Waals surface area contributed by atoms with Gasteiger partial charge >= 0.3 is 6.01 Å². The highest BCUT2D eigenvalue weighted by atomic mass is 32.1. The van der Waals surface area contributed by atoms with Crippen molar-refractivity contribution >= 4 is 17.2 Å². The van der Waals surface area contributed by atoms with Crippen molar-refractivity contribution in [1.29, 1.82) is 0 Å². The summed E-state index contributed by atoms with van der Waals surface area (Å²) in [4.78, 5) is 9.04. The second kappa shape index (κ2) is 7.74. The topological polar surface area (TPSA) is 56.3 Å². The monoisotopic (exact) mass is 345 g/mol. The first-order valence-corrected chi connectivity index (χ1v) is 8.17. The average molecular weight is 345 g/mol. The Bertz CT molecular complexity index is 796. The first-order chi connectivity index (χ1) is 11.7. The molecule has 0 saturated heterocycles. The molecule has 24 heavy (non-hydrogen) atoms. The summed E-state index contributed by atoms with van der Waals surface area (Å²) in [6, 6.07) is 11.5. The summed E-state index contributed by atoms with van der Waals surface area (Å²) in [6.45, 7) is 0.772. The number of halogens is 1. The largest absolute Gasteiger partial charge is 0.497 e. The van der Waals surface area contributed by atoms with E-state index in [0.717, 1.165) is 22.4 Å². The standard InChI is InChI=1S/C17H16FN3O2S/c1-22-13-5-2-4-12(8-13)11-23-17-20-10-15(18)16(21-17)19-9-14-6-3-7-24-14/h2-8,10H,9,11H2,1H3,(H,19,20,21). The maximum Gasteiger partial charge on any atom is 0.318 e. The van der Waals surface area contributed by atoms with Crippen LogP contribution in [-0.4, -0.2) is 17.1 Å². The van der Waals surface area contributed by atoms with Gasteiger partial charge in [-0.1, -0.05) is 18.2 Å². The van der Waals surface area contributed by atoms with Gasteiger partial charge in [0.1, 0.15) is 12.4 Å². The Kier molecular flexibility index (Phi) is 5.22. The van der Waals surface area contributed by atoms with Gasteiger partial charge in [0.2, 0.25) is 0 Å². The Morgan fingerprint density at radius 3 is 2.96 bits per heavy atom. The van der Waals surface area contributed by atoms with Gasteiger partial charge in [-0.25, -0.2) is 9.37 Å². The molecule has 2 heterocycles. The summed E-state index contributed by atoms with van der Waals surface area (Å²) in [7, 11) is 1.61. The SMILES string of the molecule is COc1cccc(COc2ncc(F)c(NCc3cccs3)n2)c1. The van der Waals surface area contributed by atoms with Gasteiger partial charge < -0.3 is 14.8 Å². The zero-order valence-electron chi connectivity index (χ0n) is 13.0. The van der Waals surface area contributed by atoms with Crippen LogP contribution in [-0.2, 0) is 13.2 Å². The predicted molar refractivity (Wildman–Crippen MR) is 91.0 cm³/mol. The quantitative estimate of drug-likeness (QED) is 0.704. The first-order valence-electron chi connectivity index (χ1n) is 7.29. The van der Waals surface area contributed by atoms with Gasteiger partial charge in [0.15, 0.2) is 11.6 Å². The molecule has 0 aliphatic carbocycles. The fraction of sp³-hybridized carbons (Fsp3) is 0.176. The number of aromatic nitrogens is 2. The molecule has 0 aliphatic rings. The molecule has 5 nitrogen and oxygen atoms in total. The number of thiophene rings is 1. The molecule has 3 aromatic rings. The Hall–Kier alpha value is -2.67. The van der Waals surface area contributed by atoms with E-state index in [9.17, 15) is 4.39 Å². The predicted octanol–water partition coefficient (Wildman–Crippen LogP) is 3.88. The summed E-state index contributed by atoms with van der Waals surface area (Å²) in [5.74, 6) is 0.355. The zero-order valence-corrected chi connectivity index (χ0v) is 13.8. The van der Waals surface area contributed by atoms with Gasteiger partial charge in [0, 0.05) is 4.88 Å². The molecule has 0 aliphatic heterocycles. The van der Waals surface area contributed by atoms with Gasteiger partial charge in [0.05, 0.1) is 19.9 Å². The lowest BCUT2D eigenvalue weighted by molar-refractivity contribution is 0.279. The van der Waals surface area contributed by atoms with Crippen LogP contribution >= 0.6 is 11.3 Å². The third-order valence-electron chi connectivity index (χ3n) is 3.23. The van der Waals surface area contributed by atoms with Crippen molar-refractivity contribution < 1.29 is 13.9 Å². The molecule has 0 atom stereocenters. The molecule has 7 heteroatoms. The highest BCUT2D eigenvalue weighted by molar-refractivity contribution is 7.09. The highest BCUT2D eigenvalue weighted by Gasteiger charge is 2.08. The van der Waals surface area contributed by atoms with Crippen LogP contribution in [0.3, 0.4) is 0 Å². The Morgan fingerprint density at radius 2 is 2.17 bits per heavy atom. The summed E-state index contributed by atoms with van der Waals surface area (Å²) >= 11 is 1.59. The third-order valence-corrected chi connectivity index (χ3v) is 4.11. The number of nitrogens with zero attached hydrogens (tertiary/aromatic N) is 2. The van der Waals surface area contributed by atoms with Crippen LogP contribution in [0.5, 0.6) is 11.8 Å². The van der Waals surface area contributed by atoms with Crippen molar-refractivity contribution in [2.24, 2.45) is 0 Å². The van der Waals surface area contributed by atoms with Crippen molar-refractivity contribution in [3.8, 4) is 11.8 Å². The molecule has 0 unspecified atom stereocenters. The van der Waals surface area contributed by atoms with Gasteiger partial charge in [-0.05, 0) is 29.1 Å². The van der Waals surface area contributed by atoms with E-state index in [2.05, 4.69) is 15.3 Å². The molecular weight excluding hydrogens is 329 g/mol. The van der Waals surface area contributed by atoms with E-state index in [1.165, 1.54) is 0 Å². The van der Waals surface area contributed by atoms with Crippen molar-refractivity contribution in [2.75, 3.05) is 12.4 Å². The number of anilines is 1. The molecule has 2 aromatic heterocycles. The molecule has 0 amide bonds. The van der Waals surface area contributed by atoms with E-state index in [0.29, 0.717) is 6.54 Å². The van der Waals surface area contributed by atoms with Crippen LogP contribution in [0, 0.1) is 5.82 Å². The molecule has 0 spiro atoms. The van der Waals surface area contributed by atoms with Crippen LogP contribution < -0.4 is 14.8 Å². The van der Waals surface area contributed by atoms with E-state index in [1.807, 2.05) is 41.8 Å². The van der Waals surface area contributed by atoms with Crippen molar-refractivity contribution in [3.63, 3.8) is 0 Å². The summed E-state index contributed by atoms with van der Waals surface area (Å²) in [5.41, 5.74) is 0.912. The van der Waals surface area contributed by atoms with Crippen molar-refractivity contribution in [3.05, 3.63) is 64.2 Å². The maximum absolute atomic E-state index is 13.8. The lowest BCUT2D eigenvalue weighted by Crippen LogP contribution is -2.06. The normalized spacial score (nSPS) is 10.4. The van der Waals surface area contributed by atoms with Gasteiger partial charge in [0.25, 0.3) is 0 Å². The number of hydrogen-bond acceptors (Lipinski definition) is 6. The molecule has 3 rings (SSSR count). The smallest absolute Gasteiger partial charge is 0.318 e. The summed E-state index contributed by atoms with van der Waals surface area (Å²) in [6.07, 6.45) is 1.10. The Labute approximate surface area is 143 Å². The van der Waals surface area contributed by atoms with E-state index in [4.69, 9.17) is 9.47 Å². The molecule has 0 radical (unpaired) electrons. The van der Waals surface area contributed by atoms with Crippen molar-refractivity contribution in [2.45, 2.75) is 13.2 Å². The van der Waals surface area contributed by atoms with Gasteiger partial charge in [-0.2, -0.15) is 4.98 Å². The number of ether oxygens (including phenoxy) is 2. The first kappa shape index (κ1) is 16.2. The molecular formula is C17H16FN3O2S. The van der Waals surface area contributed by atoms with Gasteiger partial charge in [-0.15, -0.1) is 11.3 Å². The fourth-order valence-corrected chi connectivity index (χ4v) is 2.68. The van der Waals surface area contributed by atoms with E-state index in [1.54, 1.807) is 18.4 Å². The fourth-order valence-electron chi connectivity index (χ4n) is 2.04. The molecule has 0 bridgehead atoms. The minimum atomic E-state index is -0.514. The number of hydrogen-bond donors (Lipinski definition) is 1. The van der Waals surface area contributed by atoms with Crippen LogP contribution in [0.4, 0.5) is 10.2 Å². The Morgan fingerprint density at radius 1 is 1.25 bits per heavy atom. The molecule has 1 aromatic carbocycles. The molecule has 0 saturated carbocycles. The lowest BCUT2D eigenvalue weighted by Gasteiger charge is -2.09. The van der Waals surface area contributed by atoms with Crippen LogP contribution in [0.25, 0.3) is 0 Å². The van der Waals surface area contributed by atoms with E-state index in [-0.39, 0.29) is 18.4 Å². The molecule has 1 N–H and O–H groups in total. The average Bonchev–Trinajstić information content (AvgIpc) is 3.13. The van der Waals surface area contributed by atoms with E-state index < -0.39 is 5.82 Å². The summed E-state index contributed by atoms with van der Waals surface area (Å²) in [5, 5.41) is 4.92. The molecule has 124 valence electrons. The lowest BCUT2D eigenvalue weighted by atomic mass is 10.2. The van der Waals surface area contributed by atoms with E-state index >= 15 is 0 Å². The Balaban J connectivity index is 1.64. The van der Waals surface area contributed by atoms with Gasteiger partial charge in [-0.3, -0.25) is 0 Å². The maximum atomic E-state index is 13.8. The second-order valence-corrected chi connectivity index (χ2v) is 5.95. The second-order valence-electron chi connectivity index (χ2n) is 4.92. The number of rotatable bonds is 7. The minimum absolute atomic E-state index is 0.118. The number of methoxy groups -OCH3 is 1.